The third kappa shape index (κ3) is 2.59. The summed E-state index contributed by atoms with van der Waals surface area (Å²) < 4.78 is 0. The summed E-state index contributed by atoms with van der Waals surface area (Å²) in [6, 6.07) is 11.4. The second kappa shape index (κ2) is 5.52. The van der Waals surface area contributed by atoms with E-state index >= 15 is 0 Å². The van der Waals surface area contributed by atoms with Crippen LogP contribution in [-0.4, -0.2) is 18.4 Å². The van der Waals surface area contributed by atoms with Gasteiger partial charge in [0.25, 0.3) is 5.91 Å². The fourth-order valence-electron chi connectivity index (χ4n) is 3.22. The molecule has 5 heteroatoms. The number of benzene rings is 2. The minimum Gasteiger partial charge on any atom is -0.326 e. The lowest BCUT2D eigenvalue weighted by atomic mass is 10.00. The molecule has 3 N–H and O–H groups in total. The van der Waals surface area contributed by atoms with Gasteiger partial charge in [0, 0.05) is 23.5 Å². The van der Waals surface area contributed by atoms with Crippen molar-refractivity contribution in [3.8, 4) is 0 Å². The van der Waals surface area contributed by atoms with Crippen molar-refractivity contribution in [2.24, 2.45) is 0 Å². The summed E-state index contributed by atoms with van der Waals surface area (Å²) >= 11 is 0. The predicted octanol–water partition coefficient (Wildman–Crippen LogP) is 2.08. The van der Waals surface area contributed by atoms with E-state index in [-0.39, 0.29) is 18.2 Å². The van der Waals surface area contributed by atoms with Gasteiger partial charge in [-0.1, -0.05) is 12.1 Å². The molecule has 2 aromatic rings. The van der Waals surface area contributed by atoms with Crippen molar-refractivity contribution < 1.29 is 9.59 Å². The first kappa shape index (κ1) is 14.0. The van der Waals surface area contributed by atoms with Crippen molar-refractivity contribution in [2.75, 3.05) is 17.2 Å². The van der Waals surface area contributed by atoms with Crippen LogP contribution < -0.4 is 16.0 Å². The van der Waals surface area contributed by atoms with Gasteiger partial charge in [-0.15, -0.1) is 0 Å². The molecule has 0 unspecified atom stereocenters. The Morgan fingerprint density at radius 1 is 1.13 bits per heavy atom. The molecule has 0 aliphatic carbocycles. The first-order valence-corrected chi connectivity index (χ1v) is 7.76. The van der Waals surface area contributed by atoms with Crippen molar-refractivity contribution in [2.45, 2.75) is 19.4 Å². The van der Waals surface area contributed by atoms with Gasteiger partial charge in [0.2, 0.25) is 5.91 Å². The third-order valence-corrected chi connectivity index (χ3v) is 4.38. The van der Waals surface area contributed by atoms with Gasteiger partial charge < -0.3 is 16.0 Å². The first-order valence-electron chi connectivity index (χ1n) is 7.76. The minimum absolute atomic E-state index is 0.0693. The van der Waals surface area contributed by atoms with Crippen molar-refractivity contribution in [3.05, 3.63) is 58.7 Å². The number of carbonyl (C=O) groups is 2. The maximum absolute atomic E-state index is 12.6. The standard InChI is InChI=1S/C18H17N3O2/c22-17-9-15-14(2-1-3-16(15)21-17)18(23)20-13-5-4-11-6-7-19-10-12(11)8-13/h1-5,8,19H,6-7,9-10H2,(H,20,23)(H,21,22). The van der Waals surface area contributed by atoms with E-state index in [0.717, 1.165) is 36.4 Å². The highest BCUT2D eigenvalue weighted by Gasteiger charge is 2.23. The molecule has 0 radical (unpaired) electrons. The Labute approximate surface area is 134 Å². The Kier molecular flexibility index (Phi) is 3.35. The quantitative estimate of drug-likeness (QED) is 0.795. The van der Waals surface area contributed by atoms with Crippen molar-refractivity contribution in [3.63, 3.8) is 0 Å². The SMILES string of the molecule is O=C1Cc2c(cccc2C(=O)Nc2ccc3c(c2)CNCC3)N1. The molecule has 0 aromatic heterocycles. The lowest BCUT2D eigenvalue weighted by Gasteiger charge is -2.18. The lowest BCUT2D eigenvalue weighted by Crippen LogP contribution is -2.23. The Balaban J connectivity index is 1.59. The molecule has 0 bridgehead atoms. The van der Waals surface area contributed by atoms with Gasteiger partial charge in [-0.25, -0.2) is 0 Å². The van der Waals surface area contributed by atoms with Crippen LogP contribution in [0.25, 0.3) is 0 Å². The summed E-state index contributed by atoms with van der Waals surface area (Å²) in [5.41, 5.74) is 5.40. The van der Waals surface area contributed by atoms with Gasteiger partial charge in [0.1, 0.15) is 0 Å². The molecular weight excluding hydrogens is 290 g/mol. The van der Waals surface area contributed by atoms with Crippen molar-refractivity contribution >= 4 is 23.2 Å². The molecule has 116 valence electrons. The van der Waals surface area contributed by atoms with Crippen molar-refractivity contribution in [1.29, 1.82) is 0 Å². The van der Waals surface area contributed by atoms with E-state index in [4.69, 9.17) is 0 Å². The van der Waals surface area contributed by atoms with Gasteiger partial charge in [0.15, 0.2) is 0 Å². The van der Waals surface area contributed by atoms with Crippen LogP contribution in [0.15, 0.2) is 36.4 Å². The number of hydrogen-bond donors (Lipinski definition) is 3. The number of amides is 2. The molecule has 23 heavy (non-hydrogen) atoms. The zero-order valence-corrected chi connectivity index (χ0v) is 12.6. The molecule has 2 amide bonds. The van der Waals surface area contributed by atoms with Gasteiger partial charge in [0.05, 0.1) is 6.42 Å². The Morgan fingerprint density at radius 2 is 2.04 bits per heavy atom. The average Bonchev–Trinajstić information content (AvgIpc) is 2.94. The Bertz CT molecular complexity index is 814. The van der Waals surface area contributed by atoms with Gasteiger partial charge in [-0.2, -0.15) is 0 Å². The van der Waals surface area contributed by atoms with Crippen LogP contribution in [0.2, 0.25) is 0 Å². The molecule has 2 aliphatic rings. The highest BCUT2D eigenvalue weighted by molar-refractivity contribution is 6.10. The van der Waals surface area contributed by atoms with E-state index in [0.29, 0.717) is 5.56 Å². The van der Waals surface area contributed by atoms with E-state index in [1.54, 1.807) is 12.1 Å². The average molecular weight is 307 g/mol. The molecule has 2 aromatic carbocycles. The van der Waals surface area contributed by atoms with Gasteiger partial charge in [-0.05, 0) is 53.9 Å². The maximum atomic E-state index is 12.6. The van der Waals surface area contributed by atoms with E-state index in [1.807, 2.05) is 18.2 Å². The number of rotatable bonds is 2. The van der Waals surface area contributed by atoms with Crippen LogP contribution in [-0.2, 0) is 24.2 Å². The second-order valence-electron chi connectivity index (χ2n) is 5.92. The summed E-state index contributed by atoms with van der Waals surface area (Å²) in [6.07, 6.45) is 1.27. The molecule has 0 fully saturated rings. The van der Waals surface area contributed by atoms with Crippen LogP contribution in [0.5, 0.6) is 0 Å². The summed E-state index contributed by atoms with van der Waals surface area (Å²) in [6.45, 7) is 1.83. The van der Waals surface area contributed by atoms with E-state index < -0.39 is 0 Å². The number of fused-ring (bicyclic) bond motifs is 2. The maximum Gasteiger partial charge on any atom is 0.256 e. The number of hydrogen-bond acceptors (Lipinski definition) is 3. The molecule has 2 aliphatic heterocycles. The van der Waals surface area contributed by atoms with E-state index in [9.17, 15) is 9.59 Å². The van der Waals surface area contributed by atoms with Crippen LogP contribution in [0, 0.1) is 0 Å². The third-order valence-electron chi connectivity index (χ3n) is 4.38. The molecule has 0 spiro atoms. The number of carbonyl (C=O) groups excluding carboxylic acids is 2. The summed E-state index contributed by atoms with van der Waals surface area (Å²) in [5.74, 6) is -0.248. The smallest absolute Gasteiger partial charge is 0.256 e. The molecule has 4 rings (SSSR count). The van der Waals surface area contributed by atoms with Crippen LogP contribution in [0.4, 0.5) is 11.4 Å². The largest absolute Gasteiger partial charge is 0.326 e. The summed E-state index contributed by atoms with van der Waals surface area (Å²) in [4.78, 5) is 24.1. The molecular formula is C18H17N3O2. The molecule has 0 saturated carbocycles. The molecule has 0 atom stereocenters. The monoisotopic (exact) mass is 307 g/mol. The highest BCUT2D eigenvalue weighted by atomic mass is 16.2. The first-order chi connectivity index (χ1) is 11.2. The Hall–Kier alpha value is -2.66. The van der Waals surface area contributed by atoms with Crippen molar-refractivity contribution in [1.82, 2.24) is 5.32 Å². The van der Waals surface area contributed by atoms with Crippen LogP contribution in [0.1, 0.15) is 27.0 Å². The normalized spacial score (nSPS) is 15.6. The lowest BCUT2D eigenvalue weighted by molar-refractivity contribution is -0.115. The van der Waals surface area contributed by atoms with Crippen LogP contribution >= 0.6 is 0 Å². The number of nitrogens with one attached hydrogen (secondary N) is 3. The minimum atomic E-state index is -0.179. The molecule has 2 heterocycles. The van der Waals surface area contributed by atoms with Crippen LogP contribution in [0.3, 0.4) is 0 Å². The topological polar surface area (TPSA) is 70.2 Å². The predicted molar refractivity (Wildman–Crippen MR) is 88.6 cm³/mol. The molecule has 5 nitrogen and oxygen atoms in total. The Morgan fingerprint density at radius 3 is 2.96 bits per heavy atom. The second-order valence-corrected chi connectivity index (χ2v) is 5.92. The van der Waals surface area contributed by atoms with Gasteiger partial charge in [-0.3, -0.25) is 9.59 Å². The van der Waals surface area contributed by atoms with E-state index in [1.165, 1.54) is 11.1 Å². The van der Waals surface area contributed by atoms with Gasteiger partial charge >= 0.3 is 0 Å². The van der Waals surface area contributed by atoms with E-state index in [2.05, 4.69) is 22.0 Å². The molecule has 0 saturated heterocycles. The summed E-state index contributed by atoms with van der Waals surface area (Å²) in [7, 11) is 0. The highest BCUT2D eigenvalue weighted by Crippen LogP contribution is 2.27. The zero-order chi connectivity index (χ0) is 15.8. The zero-order valence-electron chi connectivity index (χ0n) is 12.6. The fraction of sp³-hybridized carbons (Fsp3) is 0.222. The number of anilines is 2. The fourth-order valence-corrected chi connectivity index (χ4v) is 3.22. The summed E-state index contributed by atoms with van der Waals surface area (Å²) in [5, 5.41) is 9.05.